The molecule has 1 aromatic heterocycles. The third-order valence-corrected chi connectivity index (χ3v) is 3.80. The van der Waals surface area contributed by atoms with Crippen LogP contribution in [0.4, 0.5) is 5.69 Å². The molecule has 1 aliphatic rings. The van der Waals surface area contributed by atoms with Crippen LogP contribution >= 0.6 is 15.9 Å². The van der Waals surface area contributed by atoms with Crippen molar-refractivity contribution >= 4 is 32.7 Å². The maximum atomic E-state index is 11.2. The molecule has 0 bridgehead atoms. The van der Waals surface area contributed by atoms with Crippen molar-refractivity contribution in [1.29, 1.82) is 0 Å². The lowest BCUT2D eigenvalue weighted by Crippen LogP contribution is -2.23. The Morgan fingerprint density at radius 1 is 1.37 bits per heavy atom. The lowest BCUT2D eigenvalue weighted by atomic mass is 10.1. The Morgan fingerprint density at radius 3 is 2.89 bits per heavy atom. The van der Waals surface area contributed by atoms with E-state index in [1.165, 1.54) is 0 Å². The van der Waals surface area contributed by atoms with Crippen LogP contribution in [0.25, 0.3) is 11.0 Å². The first-order chi connectivity index (χ1) is 9.22. The Labute approximate surface area is 118 Å². The monoisotopic (exact) mass is 323 g/mol. The first-order valence-electron chi connectivity index (χ1n) is 6.18. The highest BCUT2D eigenvalue weighted by Crippen LogP contribution is 2.26. The Balaban J connectivity index is 1.78. The summed E-state index contributed by atoms with van der Waals surface area (Å²) in [5, 5.41) is 3.34. The van der Waals surface area contributed by atoms with Gasteiger partial charge < -0.3 is 20.0 Å². The molecule has 2 heterocycles. The zero-order valence-electron chi connectivity index (χ0n) is 10.2. The van der Waals surface area contributed by atoms with Crippen LogP contribution in [-0.4, -0.2) is 22.6 Å². The van der Waals surface area contributed by atoms with Crippen molar-refractivity contribution < 1.29 is 4.74 Å². The molecule has 0 saturated carbocycles. The van der Waals surface area contributed by atoms with E-state index in [1.807, 2.05) is 18.2 Å². The first-order valence-corrected chi connectivity index (χ1v) is 6.97. The van der Waals surface area contributed by atoms with Gasteiger partial charge in [-0.2, -0.15) is 0 Å². The number of benzene rings is 1. The van der Waals surface area contributed by atoms with E-state index in [0.717, 1.165) is 40.6 Å². The fourth-order valence-corrected chi connectivity index (χ4v) is 2.63. The van der Waals surface area contributed by atoms with Crippen molar-refractivity contribution in [2.24, 2.45) is 0 Å². The number of nitrogens with one attached hydrogen (secondary N) is 3. The summed E-state index contributed by atoms with van der Waals surface area (Å²) in [6.45, 7) is 0.739. The van der Waals surface area contributed by atoms with Crippen LogP contribution in [0, 0.1) is 0 Å². The number of allylic oxidation sites excluding steroid dienone is 1. The molecule has 6 heteroatoms. The molecular formula is C13H14BrN3O2. The molecule has 0 fully saturated rings. The van der Waals surface area contributed by atoms with Gasteiger partial charge >= 0.3 is 5.69 Å². The van der Waals surface area contributed by atoms with Gasteiger partial charge in [0.25, 0.3) is 0 Å². The molecule has 0 aliphatic carbocycles. The lowest BCUT2D eigenvalue weighted by molar-refractivity contribution is 0.135. The zero-order chi connectivity index (χ0) is 13.2. The fraction of sp³-hybridized carbons (Fsp3) is 0.308. The average Bonchev–Trinajstić information content (AvgIpc) is 2.76. The SMILES string of the molecule is O=c1[nH]c2cc(Br)c(NCC3CCC=CO3)cc2[nH]1. The highest BCUT2D eigenvalue weighted by Gasteiger charge is 2.12. The van der Waals surface area contributed by atoms with Crippen LogP contribution < -0.4 is 11.0 Å². The topological polar surface area (TPSA) is 69.9 Å². The quantitative estimate of drug-likeness (QED) is 0.813. The number of H-pyrrole nitrogens is 2. The predicted molar refractivity (Wildman–Crippen MR) is 78.4 cm³/mol. The van der Waals surface area contributed by atoms with Crippen LogP contribution in [0.5, 0.6) is 0 Å². The number of hydrogen-bond acceptors (Lipinski definition) is 3. The van der Waals surface area contributed by atoms with Gasteiger partial charge in [0.2, 0.25) is 0 Å². The summed E-state index contributed by atoms with van der Waals surface area (Å²) in [7, 11) is 0. The molecule has 0 saturated heterocycles. The van der Waals surface area contributed by atoms with Crippen molar-refractivity contribution in [1.82, 2.24) is 9.97 Å². The van der Waals surface area contributed by atoms with Crippen molar-refractivity contribution in [3.05, 3.63) is 39.4 Å². The minimum absolute atomic E-state index is 0.192. The Bertz CT molecular complexity index is 674. The van der Waals surface area contributed by atoms with E-state index in [0.29, 0.717) is 0 Å². The third-order valence-electron chi connectivity index (χ3n) is 3.15. The molecular weight excluding hydrogens is 310 g/mol. The number of rotatable bonds is 3. The highest BCUT2D eigenvalue weighted by molar-refractivity contribution is 9.10. The van der Waals surface area contributed by atoms with E-state index in [1.54, 1.807) is 6.26 Å². The van der Waals surface area contributed by atoms with Crippen LogP contribution in [0.2, 0.25) is 0 Å². The second-order valence-electron chi connectivity index (χ2n) is 4.54. The van der Waals surface area contributed by atoms with Gasteiger partial charge in [0.05, 0.1) is 29.5 Å². The molecule has 0 amide bonds. The van der Waals surface area contributed by atoms with Gasteiger partial charge in [0, 0.05) is 4.47 Å². The first kappa shape index (κ1) is 12.3. The predicted octanol–water partition coefficient (Wildman–Crippen LogP) is 2.72. The van der Waals surface area contributed by atoms with E-state index in [4.69, 9.17) is 4.74 Å². The highest BCUT2D eigenvalue weighted by atomic mass is 79.9. The van der Waals surface area contributed by atoms with E-state index in [-0.39, 0.29) is 11.8 Å². The van der Waals surface area contributed by atoms with Crippen molar-refractivity contribution in [3.8, 4) is 0 Å². The van der Waals surface area contributed by atoms with Gasteiger partial charge in [-0.3, -0.25) is 0 Å². The summed E-state index contributed by atoms with van der Waals surface area (Å²) < 4.78 is 6.43. The normalized spacial score (nSPS) is 18.5. The van der Waals surface area contributed by atoms with Crippen LogP contribution in [-0.2, 0) is 4.74 Å². The summed E-state index contributed by atoms with van der Waals surface area (Å²) in [6, 6.07) is 3.80. The van der Waals surface area contributed by atoms with E-state index >= 15 is 0 Å². The van der Waals surface area contributed by atoms with Crippen LogP contribution in [0.15, 0.2) is 33.7 Å². The minimum Gasteiger partial charge on any atom is -0.497 e. The molecule has 0 radical (unpaired) electrons. The maximum Gasteiger partial charge on any atom is 0.323 e. The molecule has 5 nitrogen and oxygen atoms in total. The number of halogens is 1. The Morgan fingerprint density at radius 2 is 2.16 bits per heavy atom. The van der Waals surface area contributed by atoms with Gasteiger partial charge in [0.15, 0.2) is 0 Å². The van der Waals surface area contributed by atoms with Gasteiger partial charge in [0.1, 0.15) is 6.10 Å². The van der Waals surface area contributed by atoms with Crippen molar-refractivity contribution in [3.63, 3.8) is 0 Å². The molecule has 1 aromatic carbocycles. The molecule has 1 aliphatic heterocycles. The Hall–Kier alpha value is -1.69. The second kappa shape index (κ2) is 5.13. The molecule has 3 rings (SSSR count). The molecule has 1 atom stereocenters. The fourth-order valence-electron chi connectivity index (χ4n) is 2.15. The van der Waals surface area contributed by atoms with Gasteiger partial charge in [-0.1, -0.05) is 0 Å². The third kappa shape index (κ3) is 2.68. The maximum absolute atomic E-state index is 11.2. The molecule has 1 unspecified atom stereocenters. The zero-order valence-corrected chi connectivity index (χ0v) is 11.8. The number of aromatic amines is 2. The van der Waals surface area contributed by atoms with Gasteiger partial charge in [-0.25, -0.2) is 4.79 Å². The van der Waals surface area contributed by atoms with E-state index < -0.39 is 0 Å². The van der Waals surface area contributed by atoms with Crippen LogP contribution in [0.1, 0.15) is 12.8 Å². The second-order valence-corrected chi connectivity index (χ2v) is 5.40. The molecule has 19 heavy (non-hydrogen) atoms. The summed E-state index contributed by atoms with van der Waals surface area (Å²) in [5.41, 5.74) is 2.33. The number of aromatic nitrogens is 2. The average molecular weight is 324 g/mol. The number of imidazole rings is 1. The number of ether oxygens (including phenoxy) is 1. The minimum atomic E-state index is -0.195. The largest absolute Gasteiger partial charge is 0.497 e. The standard InChI is InChI=1S/C13H14BrN3O2/c14-9-5-11-12(17-13(18)16-11)6-10(9)15-7-8-3-1-2-4-19-8/h2,4-6,8,15H,1,3,7H2,(H2,16,17,18). The summed E-state index contributed by atoms with van der Waals surface area (Å²) in [4.78, 5) is 16.7. The summed E-state index contributed by atoms with van der Waals surface area (Å²) >= 11 is 3.50. The van der Waals surface area contributed by atoms with Crippen molar-refractivity contribution in [2.75, 3.05) is 11.9 Å². The number of hydrogen-bond donors (Lipinski definition) is 3. The molecule has 100 valence electrons. The smallest absolute Gasteiger partial charge is 0.323 e. The van der Waals surface area contributed by atoms with Crippen LogP contribution in [0.3, 0.4) is 0 Å². The number of fused-ring (bicyclic) bond motifs is 1. The van der Waals surface area contributed by atoms with E-state index in [9.17, 15) is 4.79 Å². The van der Waals surface area contributed by atoms with E-state index in [2.05, 4.69) is 31.2 Å². The molecule has 0 spiro atoms. The molecule has 2 aromatic rings. The summed E-state index contributed by atoms with van der Waals surface area (Å²) in [6.07, 6.45) is 6.06. The summed E-state index contributed by atoms with van der Waals surface area (Å²) in [5.74, 6) is 0. The lowest BCUT2D eigenvalue weighted by Gasteiger charge is -2.20. The van der Waals surface area contributed by atoms with Crippen molar-refractivity contribution in [2.45, 2.75) is 18.9 Å². The molecule has 3 N–H and O–H groups in total. The van der Waals surface area contributed by atoms with Gasteiger partial charge in [-0.05, 0) is 47.0 Å². The van der Waals surface area contributed by atoms with Gasteiger partial charge in [-0.15, -0.1) is 0 Å². The Kier molecular flexibility index (Phi) is 3.33. The number of anilines is 1.